The molecule has 44 heavy (non-hydrogen) atoms. The molecule has 4 aromatic rings. The van der Waals surface area contributed by atoms with Crippen LogP contribution in [0.25, 0.3) is 0 Å². The van der Waals surface area contributed by atoms with Gasteiger partial charge in [-0.3, -0.25) is 0 Å². The fraction of sp³-hybridized carbons (Fsp3) is 0.250. The molecule has 0 radical (unpaired) electrons. The zero-order valence-corrected chi connectivity index (χ0v) is 25.1. The summed E-state index contributed by atoms with van der Waals surface area (Å²) in [6.45, 7) is 7.43. The summed E-state index contributed by atoms with van der Waals surface area (Å²) >= 11 is 0. The smallest absolute Gasteiger partial charge is 0.323 e. The number of benzene rings is 4. The average molecular weight is 594 g/mol. The Balaban J connectivity index is 1.27. The number of urea groups is 1. The number of aliphatic hydroxyl groups excluding tert-OH is 1. The lowest BCUT2D eigenvalue weighted by molar-refractivity contribution is -0.275. The second-order valence-corrected chi connectivity index (χ2v) is 11.0. The summed E-state index contributed by atoms with van der Waals surface area (Å²) in [5.74, 6) is 1.48. The molecule has 0 saturated carbocycles. The normalized spacial score (nSPS) is 19.7. The van der Waals surface area contributed by atoms with E-state index in [4.69, 9.17) is 14.2 Å². The van der Waals surface area contributed by atoms with Gasteiger partial charge in [-0.1, -0.05) is 67.6 Å². The number of hydrogen-bond donors (Lipinski definition) is 3. The standard InChI is InChI=1S/C36H39N3O5/c1-4-21-39(3)23-33-25(2)34(27-15-13-26(24-40)14-16-27)44-35(43-33)28-9-8-10-30(22-28)38-36(41)37-29-17-19-32(20-18-29)42-31-11-6-5-7-12-31/h4-20,22,25,33-35,40H,1,21,23-24H2,2-3H3,(H2,37,38,41)/t25-,33+,34+,35+/m0/s1. The van der Waals surface area contributed by atoms with Crippen LogP contribution in [-0.2, 0) is 16.1 Å². The number of nitrogens with one attached hydrogen (secondary N) is 2. The van der Waals surface area contributed by atoms with Gasteiger partial charge in [0, 0.05) is 35.9 Å². The second-order valence-electron chi connectivity index (χ2n) is 11.0. The Morgan fingerprint density at radius 2 is 1.59 bits per heavy atom. The fourth-order valence-electron chi connectivity index (χ4n) is 5.22. The maximum atomic E-state index is 12.9. The molecular weight excluding hydrogens is 554 g/mol. The van der Waals surface area contributed by atoms with E-state index in [0.717, 1.165) is 29.0 Å². The third-order valence-corrected chi connectivity index (χ3v) is 7.56. The molecule has 1 heterocycles. The minimum absolute atomic E-state index is 0.0105. The first kappa shape index (κ1) is 31.0. The molecule has 3 N–H and O–H groups in total. The highest BCUT2D eigenvalue weighted by molar-refractivity contribution is 5.99. The highest BCUT2D eigenvalue weighted by atomic mass is 16.7. The molecule has 2 amide bonds. The van der Waals surface area contributed by atoms with Crippen molar-refractivity contribution in [1.29, 1.82) is 0 Å². The van der Waals surface area contributed by atoms with E-state index in [0.29, 0.717) is 23.7 Å². The number of carbonyl (C=O) groups excluding carboxylic acids is 1. The summed E-state index contributed by atoms with van der Waals surface area (Å²) in [6, 6.07) is 31.7. The van der Waals surface area contributed by atoms with Gasteiger partial charge in [-0.25, -0.2) is 4.79 Å². The lowest BCUT2D eigenvalue weighted by Gasteiger charge is -2.42. The maximum absolute atomic E-state index is 12.9. The van der Waals surface area contributed by atoms with Crippen LogP contribution in [0.4, 0.5) is 16.2 Å². The first-order valence-electron chi connectivity index (χ1n) is 14.7. The molecule has 1 fully saturated rings. The van der Waals surface area contributed by atoms with Crippen molar-refractivity contribution < 1.29 is 24.1 Å². The summed E-state index contributed by atoms with van der Waals surface area (Å²) in [7, 11) is 2.04. The van der Waals surface area contributed by atoms with E-state index in [9.17, 15) is 9.90 Å². The summed E-state index contributed by atoms with van der Waals surface area (Å²) in [5.41, 5.74) is 3.91. The number of hydrogen-bond acceptors (Lipinski definition) is 6. The number of anilines is 2. The van der Waals surface area contributed by atoms with Crippen molar-refractivity contribution in [1.82, 2.24) is 4.90 Å². The summed E-state index contributed by atoms with van der Waals surface area (Å²) < 4.78 is 18.9. The minimum Gasteiger partial charge on any atom is -0.457 e. The maximum Gasteiger partial charge on any atom is 0.323 e. The minimum atomic E-state index is -0.641. The zero-order chi connectivity index (χ0) is 30.9. The molecular formula is C36H39N3O5. The molecule has 1 aliphatic rings. The number of amides is 2. The molecule has 4 aromatic carbocycles. The van der Waals surface area contributed by atoms with Crippen molar-refractivity contribution >= 4 is 17.4 Å². The largest absolute Gasteiger partial charge is 0.457 e. The Bertz CT molecular complexity index is 1510. The average Bonchev–Trinajstić information content (AvgIpc) is 3.04. The van der Waals surface area contributed by atoms with E-state index < -0.39 is 6.29 Å². The molecule has 8 nitrogen and oxygen atoms in total. The van der Waals surface area contributed by atoms with E-state index in [2.05, 4.69) is 29.0 Å². The van der Waals surface area contributed by atoms with Gasteiger partial charge in [-0.05, 0) is 66.7 Å². The zero-order valence-electron chi connectivity index (χ0n) is 25.1. The van der Waals surface area contributed by atoms with Crippen molar-refractivity contribution in [3.8, 4) is 11.5 Å². The Hall–Kier alpha value is -4.47. The van der Waals surface area contributed by atoms with Crippen LogP contribution in [0.5, 0.6) is 11.5 Å². The Labute approximate surface area is 258 Å². The van der Waals surface area contributed by atoms with Crippen LogP contribution in [0.3, 0.4) is 0 Å². The van der Waals surface area contributed by atoms with E-state index in [1.165, 1.54) is 0 Å². The number of aliphatic hydroxyl groups is 1. The Morgan fingerprint density at radius 1 is 0.886 bits per heavy atom. The van der Waals surface area contributed by atoms with Gasteiger partial charge in [-0.2, -0.15) is 0 Å². The van der Waals surface area contributed by atoms with Crippen molar-refractivity contribution in [3.63, 3.8) is 0 Å². The quantitative estimate of drug-likeness (QED) is 0.156. The number of likely N-dealkylation sites (N-methyl/N-ethyl adjacent to an activating group) is 1. The molecule has 0 bridgehead atoms. The molecule has 0 unspecified atom stereocenters. The first-order valence-corrected chi connectivity index (χ1v) is 14.7. The van der Waals surface area contributed by atoms with Gasteiger partial charge in [0.25, 0.3) is 0 Å². The van der Waals surface area contributed by atoms with Crippen LogP contribution in [0, 0.1) is 5.92 Å². The molecule has 0 aliphatic carbocycles. The number of nitrogens with zero attached hydrogens (tertiary/aromatic N) is 1. The van der Waals surface area contributed by atoms with Crippen molar-refractivity contribution in [2.24, 2.45) is 5.92 Å². The number of ether oxygens (including phenoxy) is 3. The Morgan fingerprint density at radius 3 is 2.30 bits per heavy atom. The molecule has 0 aromatic heterocycles. The molecule has 4 atom stereocenters. The van der Waals surface area contributed by atoms with E-state index >= 15 is 0 Å². The van der Waals surface area contributed by atoms with E-state index in [1.807, 2.05) is 92.0 Å². The summed E-state index contributed by atoms with van der Waals surface area (Å²) in [4.78, 5) is 15.0. The summed E-state index contributed by atoms with van der Waals surface area (Å²) in [5, 5.41) is 15.3. The SMILES string of the molecule is C=CCN(C)C[C@H]1O[C@@H](c2cccc(NC(=O)Nc3ccc(Oc4ccccc4)cc3)c2)O[C@@H](c2ccc(CO)cc2)[C@H]1C. The van der Waals surface area contributed by atoms with Crippen LogP contribution >= 0.6 is 0 Å². The van der Waals surface area contributed by atoms with Gasteiger partial charge < -0.3 is 34.9 Å². The predicted octanol–water partition coefficient (Wildman–Crippen LogP) is 7.52. The van der Waals surface area contributed by atoms with Crippen LogP contribution in [-0.4, -0.2) is 42.3 Å². The molecule has 0 spiro atoms. The highest BCUT2D eigenvalue weighted by Gasteiger charge is 2.38. The lowest BCUT2D eigenvalue weighted by Crippen LogP contribution is -2.43. The van der Waals surface area contributed by atoms with Gasteiger partial charge >= 0.3 is 6.03 Å². The molecule has 1 saturated heterocycles. The topological polar surface area (TPSA) is 92.3 Å². The van der Waals surface area contributed by atoms with Crippen LogP contribution in [0.15, 0.2) is 116 Å². The number of carbonyl (C=O) groups is 1. The monoisotopic (exact) mass is 593 g/mol. The Kier molecular flexibility index (Phi) is 10.4. The molecule has 228 valence electrons. The van der Waals surface area contributed by atoms with Gasteiger partial charge in [0.2, 0.25) is 0 Å². The number of rotatable bonds is 11. The van der Waals surface area contributed by atoms with Crippen LogP contribution in [0.1, 0.15) is 36.0 Å². The lowest BCUT2D eigenvalue weighted by atomic mass is 9.90. The van der Waals surface area contributed by atoms with E-state index in [-0.39, 0.29) is 30.8 Å². The predicted molar refractivity (Wildman–Crippen MR) is 173 cm³/mol. The highest BCUT2D eigenvalue weighted by Crippen LogP contribution is 2.42. The van der Waals surface area contributed by atoms with Crippen molar-refractivity contribution in [3.05, 3.63) is 132 Å². The van der Waals surface area contributed by atoms with Crippen LogP contribution in [0.2, 0.25) is 0 Å². The number of para-hydroxylation sites is 1. The van der Waals surface area contributed by atoms with Crippen molar-refractivity contribution in [2.45, 2.75) is 32.0 Å². The van der Waals surface area contributed by atoms with Gasteiger partial charge in [0.15, 0.2) is 6.29 Å². The third-order valence-electron chi connectivity index (χ3n) is 7.56. The van der Waals surface area contributed by atoms with Crippen LogP contribution < -0.4 is 15.4 Å². The van der Waals surface area contributed by atoms with Crippen molar-refractivity contribution in [2.75, 3.05) is 30.8 Å². The molecule has 1 aliphatic heterocycles. The second kappa shape index (κ2) is 14.8. The van der Waals surface area contributed by atoms with Gasteiger partial charge in [-0.15, -0.1) is 6.58 Å². The molecule has 8 heteroatoms. The fourth-order valence-corrected chi connectivity index (χ4v) is 5.22. The van der Waals surface area contributed by atoms with Gasteiger partial charge in [0.1, 0.15) is 11.5 Å². The molecule has 5 rings (SSSR count). The van der Waals surface area contributed by atoms with Gasteiger partial charge in [0.05, 0.1) is 18.8 Å². The first-order chi connectivity index (χ1) is 21.4. The third kappa shape index (κ3) is 8.12. The summed E-state index contributed by atoms with van der Waals surface area (Å²) in [6.07, 6.45) is 0.893. The van der Waals surface area contributed by atoms with E-state index in [1.54, 1.807) is 24.3 Å².